The van der Waals surface area contributed by atoms with Crippen LogP contribution in [0.4, 0.5) is 0 Å². The molecule has 0 aliphatic rings. The molecule has 0 amide bonds. The number of aliphatic hydroxyl groups is 1. The number of hydrogen-bond acceptors (Lipinski definition) is 3. The van der Waals surface area contributed by atoms with Crippen LogP contribution < -0.4 is 0 Å². The Morgan fingerprint density at radius 1 is 0.968 bits per heavy atom. The molecule has 0 spiro atoms. The number of hydrogen-bond donors (Lipinski definition) is 1. The molecule has 0 aliphatic heterocycles. The van der Waals surface area contributed by atoms with Gasteiger partial charge in [-0.15, -0.1) is 35.9 Å². The number of aryl methyl sites for hydroxylation is 1. The quantitative estimate of drug-likeness (QED) is 0.196. The summed E-state index contributed by atoms with van der Waals surface area (Å²) in [5.74, 6) is 0.104. The van der Waals surface area contributed by atoms with Gasteiger partial charge in [-0.25, -0.2) is 0 Å². The second kappa shape index (κ2) is 10.8. The van der Waals surface area contributed by atoms with E-state index in [0.29, 0.717) is 0 Å². The first-order valence-corrected chi connectivity index (χ1v) is 10.2. The first-order valence-electron chi connectivity index (χ1n) is 10.2. The van der Waals surface area contributed by atoms with Crippen LogP contribution in [-0.2, 0) is 24.9 Å². The van der Waals surface area contributed by atoms with E-state index >= 15 is 0 Å². The van der Waals surface area contributed by atoms with Crippen LogP contribution in [0.3, 0.4) is 0 Å². The van der Waals surface area contributed by atoms with Crippen LogP contribution in [0.15, 0.2) is 66.4 Å². The SMILES string of the molecule is CC(C)(C)C(=O)/C=C(\O)C(C)(C)C.Cc1cc(-c2[c-]cccc2)nc2ccccc12.[Ir]. The van der Waals surface area contributed by atoms with E-state index in [0.717, 1.165) is 16.8 Å². The molecule has 3 rings (SSSR count). The van der Waals surface area contributed by atoms with Gasteiger partial charge in [0.05, 0.1) is 5.52 Å². The van der Waals surface area contributed by atoms with Crippen molar-refractivity contribution in [3.63, 3.8) is 0 Å². The molecule has 1 radical (unpaired) electrons. The molecule has 0 unspecified atom stereocenters. The molecule has 167 valence electrons. The van der Waals surface area contributed by atoms with Gasteiger partial charge >= 0.3 is 0 Å². The number of fused-ring (bicyclic) bond motifs is 1. The summed E-state index contributed by atoms with van der Waals surface area (Å²) in [6.07, 6.45) is 1.33. The predicted octanol–water partition coefficient (Wildman–Crippen LogP) is 7.10. The molecular weight excluding hydrogens is 563 g/mol. The van der Waals surface area contributed by atoms with Crippen molar-refractivity contribution in [1.29, 1.82) is 0 Å². The molecule has 1 aromatic heterocycles. The number of aliphatic hydroxyl groups excluding tert-OH is 1. The van der Waals surface area contributed by atoms with Crippen molar-refractivity contribution in [3.8, 4) is 11.3 Å². The molecule has 4 heteroatoms. The third kappa shape index (κ3) is 7.72. The van der Waals surface area contributed by atoms with Crippen LogP contribution in [0, 0.1) is 23.8 Å². The number of aromatic nitrogens is 1. The van der Waals surface area contributed by atoms with Crippen molar-refractivity contribution in [2.24, 2.45) is 10.8 Å². The number of benzene rings is 2. The van der Waals surface area contributed by atoms with Gasteiger partial charge in [0.1, 0.15) is 5.76 Å². The Labute approximate surface area is 200 Å². The minimum Gasteiger partial charge on any atom is -0.512 e. The fourth-order valence-corrected chi connectivity index (χ4v) is 2.60. The second-order valence-electron chi connectivity index (χ2n) is 9.51. The maximum Gasteiger partial charge on any atom is 0.164 e. The number of allylic oxidation sites excluding steroid dienone is 2. The van der Waals surface area contributed by atoms with Gasteiger partial charge in [0.25, 0.3) is 0 Å². The second-order valence-corrected chi connectivity index (χ2v) is 9.51. The molecule has 1 heterocycles. The Morgan fingerprint density at radius 3 is 2.13 bits per heavy atom. The molecule has 2 aromatic carbocycles. The average molecular weight is 595 g/mol. The Morgan fingerprint density at radius 2 is 1.58 bits per heavy atom. The van der Waals surface area contributed by atoms with Gasteiger partial charge in [-0.1, -0.05) is 65.8 Å². The van der Waals surface area contributed by atoms with E-state index in [1.807, 2.05) is 77.9 Å². The summed E-state index contributed by atoms with van der Waals surface area (Å²) in [4.78, 5) is 16.2. The van der Waals surface area contributed by atoms with Crippen molar-refractivity contribution in [2.45, 2.75) is 48.5 Å². The fourth-order valence-electron chi connectivity index (χ4n) is 2.60. The van der Waals surface area contributed by atoms with Crippen molar-refractivity contribution < 1.29 is 30.0 Å². The van der Waals surface area contributed by atoms with Crippen LogP contribution in [0.2, 0.25) is 0 Å². The van der Waals surface area contributed by atoms with E-state index in [-0.39, 0.29) is 37.1 Å². The number of para-hydroxylation sites is 1. The van der Waals surface area contributed by atoms with Gasteiger partial charge in [0, 0.05) is 42.4 Å². The number of nitrogens with zero attached hydrogens (tertiary/aromatic N) is 1. The summed E-state index contributed by atoms with van der Waals surface area (Å²) >= 11 is 0. The number of carbonyl (C=O) groups is 1. The number of pyridine rings is 1. The molecular formula is C27H32IrNO2-. The van der Waals surface area contributed by atoms with Gasteiger partial charge in [-0.2, -0.15) is 0 Å². The fraction of sp³-hybridized carbons (Fsp3) is 0.333. The molecule has 0 fully saturated rings. The van der Waals surface area contributed by atoms with Crippen molar-refractivity contribution >= 4 is 16.7 Å². The van der Waals surface area contributed by atoms with E-state index in [2.05, 4.69) is 36.2 Å². The summed E-state index contributed by atoms with van der Waals surface area (Å²) in [5.41, 5.74) is 3.56. The normalized spacial score (nSPS) is 11.9. The van der Waals surface area contributed by atoms with Gasteiger partial charge in [-0.3, -0.25) is 9.78 Å². The molecule has 31 heavy (non-hydrogen) atoms. The Hall–Kier alpha value is -2.29. The molecule has 0 atom stereocenters. The standard InChI is InChI=1S/C16H12N.C11H20O2.Ir/c1-12-11-16(13-7-3-2-4-8-13)17-15-10-6-5-9-14(12)15;1-10(2,3)8(12)7-9(13)11(4,5)6;/h2-7,9-11H,1H3;7,12H,1-6H3;/q-1;;/b;8-7-;. The monoisotopic (exact) mass is 595 g/mol. The van der Waals surface area contributed by atoms with E-state index in [1.54, 1.807) is 0 Å². The van der Waals surface area contributed by atoms with Crippen LogP contribution in [0.1, 0.15) is 47.1 Å². The van der Waals surface area contributed by atoms with Crippen LogP contribution >= 0.6 is 0 Å². The molecule has 0 aliphatic carbocycles. The molecule has 0 bridgehead atoms. The smallest absolute Gasteiger partial charge is 0.164 e. The molecule has 3 nitrogen and oxygen atoms in total. The minimum absolute atomic E-state index is 0. The number of rotatable bonds is 2. The molecule has 3 aromatic rings. The Kier molecular flexibility index (Phi) is 9.35. The molecule has 0 saturated carbocycles. The van der Waals surface area contributed by atoms with Crippen molar-refractivity contribution in [2.75, 3.05) is 0 Å². The van der Waals surface area contributed by atoms with Crippen LogP contribution in [-0.4, -0.2) is 15.9 Å². The zero-order valence-corrected chi connectivity index (χ0v) is 21.8. The van der Waals surface area contributed by atoms with Crippen LogP contribution in [0.25, 0.3) is 22.2 Å². The van der Waals surface area contributed by atoms with Gasteiger partial charge in [0.2, 0.25) is 0 Å². The zero-order valence-electron chi connectivity index (χ0n) is 19.4. The first kappa shape index (κ1) is 26.7. The van der Waals surface area contributed by atoms with E-state index < -0.39 is 5.41 Å². The van der Waals surface area contributed by atoms with E-state index in [4.69, 9.17) is 0 Å². The van der Waals surface area contributed by atoms with Crippen molar-refractivity contribution in [3.05, 3.63) is 78.1 Å². The Bertz CT molecular complexity index is 1040. The maximum absolute atomic E-state index is 11.5. The minimum atomic E-state index is -0.417. The molecule has 0 saturated heterocycles. The summed E-state index contributed by atoms with van der Waals surface area (Å²) in [5, 5.41) is 10.8. The average Bonchev–Trinajstić information content (AvgIpc) is 2.67. The number of carbonyl (C=O) groups excluding carboxylic acids is 1. The number of ketones is 1. The molecule has 1 N–H and O–H groups in total. The van der Waals surface area contributed by atoms with Crippen LogP contribution in [0.5, 0.6) is 0 Å². The van der Waals surface area contributed by atoms with Gasteiger partial charge < -0.3 is 5.11 Å². The summed E-state index contributed by atoms with van der Waals surface area (Å²) in [6.45, 7) is 13.2. The van der Waals surface area contributed by atoms with E-state index in [1.165, 1.54) is 17.0 Å². The predicted molar refractivity (Wildman–Crippen MR) is 125 cm³/mol. The first-order chi connectivity index (χ1) is 13.9. The van der Waals surface area contributed by atoms with E-state index in [9.17, 15) is 9.90 Å². The Balaban J connectivity index is 0.000000314. The topological polar surface area (TPSA) is 50.2 Å². The maximum atomic E-state index is 11.5. The zero-order chi connectivity index (χ0) is 22.5. The summed E-state index contributed by atoms with van der Waals surface area (Å²) in [6, 6.07) is 21.5. The van der Waals surface area contributed by atoms with Gasteiger partial charge in [-0.05, 0) is 24.2 Å². The largest absolute Gasteiger partial charge is 0.512 e. The third-order valence-electron chi connectivity index (χ3n) is 4.68. The third-order valence-corrected chi connectivity index (χ3v) is 4.68. The van der Waals surface area contributed by atoms with Crippen molar-refractivity contribution in [1.82, 2.24) is 4.98 Å². The summed E-state index contributed by atoms with van der Waals surface area (Å²) < 4.78 is 0. The van der Waals surface area contributed by atoms with Gasteiger partial charge in [0.15, 0.2) is 5.78 Å². The summed E-state index contributed by atoms with van der Waals surface area (Å²) in [7, 11) is 0.